The maximum atomic E-state index is 9.26. The summed E-state index contributed by atoms with van der Waals surface area (Å²) in [5.74, 6) is 0.956. The lowest BCUT2D eigenvalue weighted by Gasteiger charge is -2.10. The highest BCUT2D eigenvalue weighted by molar-refractivity contribution is 7.09. The number of aromatic nitrogens is 1. The van der Waals surface area contributed by atoms with Crippen LogP contribution in [0.5, 0.6) is 5.75 Å². The predicted molar refractivity (Wildman–Crippen MR) is 77.9 cm³/mol. The lowest BCUT2D eigenvalue weighted by Crippen LogP contribution is -2.00. The highest BCUT2D eigenvalue weighted by atomic mass is 35.5. The van der Waals surface area contributed by atoms with E-state index in [9.17, 15) is 5.11 Å². The van der Waals surface area contributed by atoms with E-state index in [1.54, 1.807) is 29.5 Å². The zero-order valence-corrected chi connectivity index (χ0v) is 12.5. The second-order valence-corrected chi connectivity index (χ2v) is 5.80. The molecule has 0 aliphatic carbocycles. The summed E-state index contributed by atoms with van der Waals surface area (Å²) in [6.07, 6.45) is 0. The Kier molecular flexibility index (Phi) is 4.80. The van der Waals surface area contributed by atoms with E-state index >= 15 is 0 Å². The van der Waals surface area contributed by atoms with Crippen molar-refractivity contribution in [3.8, 4) is 5.75 Å². The van der Waals surface area contributed by atoms with Gasteiger partial charge in [-0.1, -0.05) is 37.6 Å². The Bertz CT molecular complexity index is 554. The number of benzene rings is 1. The molecule has 0 radical (unpaired) electrons. The summed E-state index contributed by atoms with van der Waals surface area (Å²) >= 11 is 7.71. The molecule has 0 saturated heterocycles. The normalized spacial score (nSPS) is 11.0. The maximum Gasteiger partial charge on any atom is 0.143 e. The number of para-hydroxylation sites is 1. The molecule has 3 nitrogen and oxygen atoms in total. The van der Waals surface area contributed by atoms with Crippen molar-refractivity contribution in [3.63, 3.8) is 0 Å². The van der Waals surface area contributed by atoms with Crippen molar-refractivity contribution in [2.24, 2.45) is 0 Å². The first-order valence-electron chi connectivity index (χ1n) is 6.07. The van der Waals surface area contributed by atoms with Crippen molar-refractivity contribution in [2.45, 2.75) is 33.0 Å². The first kappa shape index (κ1) is 14.3. The van der Waals surface area contributed by atoms with Crippen LogP contribution in [0.3, 0.4) is 0 Å². The molecule has 0 bridgehead atoms. The molecule has 1 N–H and O–H groups in total. The molecule has 0 unspecified atom stereocenters. The second-order valence-electron chi connectivity index (χ2n) is 4.51. The molecule has 0 atom stereocenters. The fourth-order valence-corrected chi connectivity index (χ4v) is 2.71. The van der Waals surface area contributed by atoms with E-state index in [1.807, 2.05) is 5.38 Å². The molecule has 0 aliphatic rings. The summed E-state index contributed by atoms with van der Waals surface area (Å²) in [5.41, 5.74) is 1.57. The van der Waals surface area contributed by atoms with Gasteiger partial charge in [0.05, 0.1) is 22.3 Å². The summed E-state index contributed by atoms with van der Waals surface area (Å²) in [6.45, 7) is 4.49. The fraction of sp³-hybridized carbons (Fsp3) is 0.357. The second kappa shape index (κ2) is 6.37. The van der Waals surface area contributed by atoms with Gasteiger partial charge in [0.25, 0.3) is 0 Å². The van der Waals surface area contributed by atoms with Crippen LogP contribution in [-0.2, 0) is 13.2 Å². The monoisotopic (exact) mass is 297 g/mol. The molecule has 1 heterocycles. The average Bonchev–Trinajstić information content (AvgIpc) is 2.86. The van der Waals surface area contributed by atoms with Gasteiger partial charge in [0.15, 0.2) is 0 Å². The molecule has 1 aromatic carbocycles. The third-order valence-electron chi connectivity index (χ3n) is 2.65. The van der Waals surface area contributed by atoms with E-state index in [0.29, 0.717) is 28.9 Å². The molecule has 0 aliphatic heterocycles. The molecule has 2 aromatic rings. The smallest absolute Gasteiger partial charge is 0.143 e. The van der Waals surface area contributed by atoms with Crippen molar-refractivity contribution in [3.05, 3.63) is 44.9 Å². The average molecular weight is 298 g/mol. The fourth-order valence-electron chi connectivity index (χ4n) is 1.64. The standard InChI is InChI=1S/C14H16ClNO2S/c1-9(2)14-16-11(8-19-14)7-18-13-10(6-17)4-3-5-12(13)15/h3-5,8-9,17H,6-7H2,1-2H3. The van der Waals surface area contributed by atoms with Crippen LogP contribution in [0.25, 0.3) is 0 Å². The zero-order valence-electron chi connectivity index (χ0n) is 10.9. The van der Waals surface area contributed by atoms with Crippen molar-refractivity contribution < 1.29 is 9.84 Å². The van der Waals surface area contributed by atoms with Crippen LogP contribution in [0.1, 0.15) is 36.0 Å². The van der Waals surface area contributed by atoms with Crippen LogP contribution in [0.4, 0.5) is 0 Å². The third-order valence-corrected chi connectivity index (χ3v) is 4.14. The van der Waals surface area contributed by atoms with Gasteiger partial charge in [0.1, 0.15) is 12.4 Å². The Morgan fingerprint density at radius 2 is 2.21 bits per heavy atom. The van der Waals surface area contributed by atoms with Gasteiger partial charge in [0.2, 0.25) is 0 Å². The minimum absolute atomic E-state index is 0.0931. The lowest BCUT2D eigenvalue weighted by atomic mass is 10.2. The van der Waals surface area contributed by atoms with Crippen molar-refractivity contribution in [2.75, 3.05) is 0 Å². The Hall–Kier alpha value is -1.10. The Balaban J connectivity index is 2.09. The number of aliphatic hydroxyl groups is 1. The number of hydrogen-bond donors (Lipinski definition) is 1. The number of hydrogen-bond acceptors (Lipinski definition) is 4. The molecular weight excluding hydrogens is 282 g/mol. The number of aliphatic hydroxyl groups excluding tert-OH is 1. The van der Waals surface area contributed by atoms with Crippen LogP contribution in [0.15, 0.2) is 23.6 Å². The SMILES string of the molecule is CC(C)c1nc(COc2c(Cl)cccc2CO)cs1. The van der Waals surface area contributed by atoms with Crippen LogP contribution >= 0.6 is 22.9 Å². The largest absolute Gasteiger partial charge is 0.485 e. The van der Waals surface area contributed by atoms with Crippen molar-refractivity contribution in [1.82, 2.24) is 4.98 Å². The van der Waals surface area contributed by atoms with E-state index < -0.39 is 0 Å². The van der Waals surface area contributed by atoms with E-state index in [0.717, 1.165) is 10.7 Å². The molecule has 0 amide bonds. The van der Waals surface area contributed by atoms with E-state index in [1.165, 1.54) is 0 Å². The lowest BCUT2D eigenvalue weighted by molar-refractivity contribution is 0.258. The van der Waals surface area contributed by atoms with E-state index in [2.05, 4.69) is 18.8 Å². The molecule has 19 heavy (non-hydrogen) atoms. The van der Waals surface area contributed by atoms with E-state index in [-0.39, 0.29) is 6.61 Å². The van der Waals surface area contributed by atoms with Gasteiger partial charge in [0, 0.05) is 16.9 Å². The topological polar surface area (TPSA) is 42.4 Å². The molecule has 102 valence electrons. The minimum Gasteiger partial charge on any atom is -0.485 e. The molecule has 0 spiro atoms. The van der Waals surface area contributed by atoms with Crippen LogP contribution in [0.2, 0.25) is 5.02 Å². The maximum absolute atomic E-state index is 9.26. The van der Waals surface area contributed by atoms with Crippen molar-refractivity contribution >= 4 is 22.9 Å². The Labute approximate surface area is 121 Å². The molecule has 2 rings (SSSR count). The number of nitrogens with zero attached hydrogens (tertiary/aromatic N) is 1. The van der Waals surface area contributed by atoms with Gasteiger partial charge >= 0.3 is 0 Å². The van der Waals surface area contributed by atoms with Gasteiger partial charge in [-0.05, 0) is 6.07 Å². The van der Waals surface area contributed by atoms with E-state index in [4.69, 9.17) is 16.3 Å². The van der Waals surface area contributed by atoms with Gasteiger partial charge in [-0.15, -0.1) is 11.3 Å². The molecule has 0 saturated carbocycles. The minimum atomic E-state index is -0.0931. The third kappa shape index (κ3) is 3.47. The quantitative estimate of drug-likeness (QED) is 0.907. The van der Waals surface area contributed by atoms with Crippen molar-refractivity contribution in [1.29, 1.82) is 0 Å². The van der Waals surface area contributed by atoms with Gasteiger partial charge in [-0.2, -0.15) is 0 Å². The van der Waals surface area contributed by atoms with Gasteiger partial charge in [-0.3, -0.25) is 0 Å². The summed E-state index contributed by atoms with van der Waals surface area (Å²) < 4.78 is 5.69. The predicted octanol–water partition coefficient (Wildman–Crippen LogP) is 3.99. The number of ether oxygens (including phenoxy) is 1. The molecule has 0 fully saturated rings. The molecule has 5 heteroatoms. The van der Waals surface area contributed by atoms with Crippen LogP contribution < -0.4 is 4.74 Å². The van der Waals surface area contributed by atoms with Crippen LogP contribution in [-0.4, -0.2) is 10.1 Å². The molecular formula is C14H16ClNO2S. The first-order chi connectivity index (χ1) is 9.11. The Morgan fingerprint density at radius 1 is 1.42 bits per heavy atom. The summed E-state index contributed by atoms with van der Waals surface area (Å²) in [7, 11) is 0. The summed E-state index contributed by atoms with van der Waals surface area (Å²) in [4.78, 5) is 4.50. The Morgan fingerprint density at radius 3 is 2.84 bits per heavy atom. The van der Waals surface area contributed by atoms with Gasteiger partial charge < -0.3 is 9.84 Å². The summed E-state index contributed by atoms with van der Waals surface area (Å²) in [5, 5.41) is 12.9. The first-order valence-corrected chi connectivity index (χ1v) is 7.33. The highest BCUT2D eigenvalue weighted by Gasteiger charge is 2.10. The van der Waals surface area contributed by atoms with Gasteiger partial charge in [-0.25, -0.2) is 4.98 Å². The number of thiazole rings is 1. The highest BCUT2D eigenvalue weighted by Crippen LogP contribution is 2.29. The molecule has 1 aromatic heterocycles. The summed E-state index contributed by atoms with van der Waals surface area (Å²) in [6, 6.07) is 5.33. The zero-order chi connectivity index (χ0) is 13.8. The van der Waals surface area contributed by atoms with Crippen LogP contribution in [0, 0.1) is 0 Å². The number of halogens is 1. The number of rotatable bonds is 5.